The number of halogens is 2. The van der Waals surface area contributed by atoms with E-state index in [4.69, 9.17) is 0 Å². The van der Waals surface area contributed by atoms with Crippen LogP contribution in [0.5, 0.6) is 5.75 Å². The second-order valence-electron chi connectivity index (χ2n) is 4.33. The van der Waals surface area contributed by atoms with Crippen molar-refractivity contribution in [2.75, 3.05) is 33.2 Å². The number of rotatable bonds is 2. The first-order valence-corrected chi connectivity index (χ1v) is 7.30. The van der Waals surface area contributed by atoms with Crippen LogP contribution in [0, 0.1) is 0 Å². The Morgan fingerprint density at radius 2 is 1.72 bits per heavy atom. The molecule has 0 saturated carbocycles. The highest BCUT2D eigenvalue weighted by molar-refractivity contribution is 9.11. The van der Waals surface area contributed by atoms with Gasteiger partial charge in [0.25, 0.3) is 0 Å². The van der Waals surface area contributed by atoms with E-state index in [-0.39, 0.29) is 5.75 Å². The molecule has 1 heterocycles. The summed E-state index contributed by atoms with van der Waals surface area (Å²) in [6, 6.07) is 3.69. The zero-order valence-corrected chi connectivity index (χ0v) is 13.3. The Hall–Kier alpha value is -0.590. The van der Waals surface area contributed by atoms with Crippen LogP contribution in [-0.4, -0.2) is 54.5 Å². The summed E-state index contributed by atoms with van der Waals surface area (Å²) in [7, 11) is 2.12. The molecule has 0 spiro atoms. The van der Waals surface area contributed by atoms with Gasteiger partial charge in [0.05, 0.1) is 15.2 Å². The van der Waals surface area contributed by atoms with E-state index < -0.39 is 0 Å². The van der Waals surface area contributed by atoms with E-state index in [1.54, 1.807) is 0 Å². The zero-order valence-electron chi connectivity index (χ0n) is 10.1. The fourth-order valence-electron chi connectivity index (χ4n) is 1.72. The van der Waals surface area contributed by atoms with Crippen LogP contribution in [0.3, 0.4) is 0 Å². The molecule has 0 radical (unpaired) electrons. The van der Waals surface area contributed by atoms with Crippen molar-refractivity contribution in [3.63, 3.8) is 0 Å². The molecule has 98 valence electrons. The molecule has 0 atom stereocenters. The third kappa shape index (κ3) is 3.46. The molecular formula is C12H15Br2N3O. The second kappa shape index (κ2) is 6.04. The molecule has 6 heteroatoms. The van der Waals surface area contributed by atoms with Gasteiger partial charge in [0, 0.05) is 26.2 Å². The maximum Gasteiger partial charge on any atom is 0.143 e. The third-order valence-electron chi connectivity index (χ3n) is 2.89. The van der Waals surface area contributed by atoms with E-state index in [9.17, 15) is 5.11 Å². The topological polar surface area (TPSA) is 39.1 Å². The number of hydrogen-bond donors (Lipinski definition) is 1. The Morgan fingerprint density at radius 1 is 1.17 bits per heavy atom. The van der Waals surface area contributed by atoms with Crippen LogP contribution in [0.15, 0.2) is 26.2 Å². The molecule has 1 aliphatic heterocycles. The summed E-state index contributed by atoms with van der Waals surface area (Å²) in [4.78, 5) is 2.29. The van der Waals surface area contributed by atoms with Gasteiger partial charge in [-0.15, -0.1) is 0 Å². The standard InChI is InChI=1S/C12H15Br2N3O/c1-16-2-4-17(5-3-16)15-8-9-6-10(13)12(18)11(14)7-9/h6-8,18H,2-5H2,1H3. The van der Waals surface area contributed by atoms with Crippen LogP contribution in [-0.2, 0) is 0 Å². The average Bonchev–Trinajstić information content (AvgIpc) is 2.35. The van der Waals surface area contributed by atoms with E-state index in [0.29, 0.717) is 8.95 Å². The number of aromatic hydroxyl groups is 1. The molecule has 1 fully saturated rings. The molecule has 0 unspecified atom stereocenters. The van der Waals surface area contributed by atoms with Crippen molar-refractivity contribution in [3.05, 3.63) is 26.6 Å². The molecule has 1 aromatic rings. The quantitative estimate of drug-likeness (QED) is 0.806. The minimum atomic E-state index is 0.215. The van der Waals surface area contributed by atoms with Crippen LogP contribution >= 0.6 is 31.9 Å². The lowest BCUT2D eigenvalue weighted by molar-refractivity contribution is 0.159. The number of likely N-dealkylation sites (N-methyl/N-ethyl adjacent to an activating group) is 1. The van der Waals surface area contributed by atoms with Crippen LogP contribution in [0.25, 0.3) is 0 Å². The van der Waals surface area contributed by atoms with Crippen LogP contribution < -0.4 is 0 Å². The minimum absolute atomic E-state index is 0.215. The van der Waals surface area contributed by atoms with E-state index in [1.807, 2.05) is 18.3 Å². The van der Waals surface area contributed by atoms with Gasteiger partial charge in [0.1, 0.15) is 5.75 Å². The normalized spacial score (nSPS) is 17.6. The fraction of sp³-hybridized carbons (Fsp3) is 0.417. The van der Waals surface area contributed by atoms with Gasteiger partial charge >= 0.3 is 0 Å². The summed E-state index contributed by atoms with van der Waals surface area (Å²) in [6.45, 7) is 3.99. The molecule has 1 aliphatic rings. The summed E-state index contributed by atoms with van der Waals surface area (Å²) in [6.07, 6.45) is 1.82. The largest absolute Gasteiger partial charge is 0.506 e. The maximum atomic E-state index is 9.62. The summed E-state index contributed by atoms with van der Waals surface area (Å²) < 4.78 is 1.33. The van der Waals surface area contributed by atoms with Crippen LogP contribution in [0.4, 0.5) is 0 Å². The summed E-state index contributed by atoms with van der Waals surface area (Å²) >= 11 is 6.62. The first kappa shape index (κ1) is 13.8. The monoisotopic (exact) mass is 375 g/mol. The molecule has 1 N–H and O–H groups in total. The van der Waals surface area contributed by atoms with Gasteiger partial charge < -0.3 is 10.0 Å². The lowest BCUT2D eigenvalue weighted by Gasteiger charge is -2.30. The molecule has 0 aliphatic carbocycles. The van der Waals surface area contributed by atoms with E-state index in [0.717, 1.165) is 31.7 Å². The Kier molecular flexibility index (Phi) is 4.64. The van der Waals surface area contributed by atoms with Gasteiger partial charge in [-0.25, -0.2) is 0 Å². The molecule has 4 nitrogen and oxygen atoms in total. The van der Waals surface area contributed by atoms with Crippen molar-refractivity contribution >= 4 is 38.1 Å². The SMILES string of the molecule is CN1CCN(N=Cc2cc(Br)c(O)c(Br)c2)CC1. The molecule has 18 heavy (non-hydrogen) atoms. The smallest absolute Gasteiger partial charge is 0.143 e. The highest BCUT2D eigenvalue weighted by Crippen LogP contribution is 2.32. The molecule has 1 saturated heterocycles. The van der Waals surface area contributed by atoms with Gasteiger partial charge in [0.15, 0.2) is 0 Å². The van der Waals surface area contributed by atoms with E-state index in [1.165, 1.54) is 0 Å². The first-order valence-electron chi connectivity index (χ1n) is 5.72. The molecule has 0 aromatic heterocycles. The number of hydrazone groups is 1. The van der Waals surface area contributed by atoms with Crippen molar-refractivity contribution in [2.45, 2.75) is 0 Å². The summed E-state index contributed by atoms with van der Waals surface area (Å²) in [5.41, 5.74) is 0.950. The predicted octanol–water partition coefficient (Wildman–Crippen LogP) is 2.50. The predicted molar refractivity (Wildman–Crippen MR) is 80.2 cm³/mol. The molecule has 1 aromatic carbocycles. The highest BCUT2D eigenvalue weighted by atomic mass is 79.9. The van der Waals surface area contributed by atoms with Gasteiger partial charge in [-0.3, -0.25) is 5.01 Å². The van der Waals surface area contributed by atoms with Gasteiger partial charge in [-0.2, -0.15) is 5.10 Å². The zero-order chi connectivity index (χ0) is 13.1. The van der Waals surface area contributed by atoms with Crippen LogP contribution in [0.2, 0.25) is 0 Å². The number of nitrogens with zero attached hydrogens (tertiary/aromatic N) is 3. The summed E-state index contributed by atoms with van der Waals surface area (Å²) in [5.74, 6) is 0.215. The number of phenols is 1. The first-order chi connectivity index (χ1) is 8.56. The van der Waals surface area contributed by atoms with E-state index in [2.05, 4.69) is 53.9 Å². The van der Waals surface area contributed by atoms with E-state index >= 15 is 0 Å². The van der Waals surface area contributed by atoms with Gasteiger partial charge in [0.2, 0.25) is 0 Å². The van der Waals surface area contributed by atoms with Crippen LogP contribution in [0.1, 0.15) is 5.56 Å². The third-order valence-corrected chi connectivity index (χ3v) is 4.10. The lowest BCUT2D eigenvalue weighted by atomic mass is 10.2. The molecular weight excluding hydrogens is 362 g/mol. The van der Waals surface area contributed by atoms with Crippen molar-refractivity contribution in [3.8, 4) is 5.75 Å². The number of benzene rings is 1. The van der Waals surface area contributed by atoms with Crippen molar-refractivity contribution < 1.29 is 5.11 Å². The minimum Gasteiger partial charge on any atom is -0.506 e. The molecule has 2 rings (SSSR count). The van der Waals surface area contributed by atoms with Crippen molar-refractivity contribution in [1.82, 2.24) is 9.91 Å². The van der Waals surface area contributed by atoms with Crippen molar-refractivity contribution in [1.29, 1.82) is 0 Å². The number of piperazine rings is 1. The van der Waals surface area contributed by atoms with Gasteiger partial charge in [-0.1, -0.05) is 0 Å². The Morgan fingerprint density at radius 3 is 2.28 bits per heavy atom. The Balaban J connectivity index is 2.05. The average molecular weight is 377 g/mol. The van der Waals surface area contributed by atoms with Crippen molar-refractivity contribution in [2.24, 2.45) is 5.10 Å². The molecule has 0 amide bonds. The van der Waals surface area contributed by atoms with Gasteiger partial charge in [-0.05, 0) is 56.6 Å². The number of hydrogen-bond acceptors (Lipinski definition) is 4. The highest BCUT2D eigenvalue weighted by Gasteiger charge is 2.11. The number of phenolic OH excluding ortho intramolecular Hbond substituents is 1. The Labute approximate surface area is 124 Å². The maximum absolute atomic E-state index is 9.62. The second-order valence-corrected chi connectivity index (χ2v) is 6.04. The fourth-order valence-corrected chi connectivity index (χ4v) is 2.94. The summed E-state index contributed by atoms with van der Waals surface area (Å²) in [5, 5.41) is 16.1. The molecule has 0 bridgehead atoms. The Bertz CT molecular complexity index is 434. The lowest BCUT2D eigenvalue weighted by Crippen LogP contribution is -2.41.